The molecule has 0 radical (unpaired) electrons. The molecule has 128 valence electrons. The first-order chi connectivity index (χ1) is 12.0. The van der Waals surface area contributed by atoms with Crippen molar-refractivity contribution in [3.05, 3.63) is 65.5 Å². The molecule has 2 aromatic carbocycles. The fourth-order valence-electron chi connectivity index (χ4n) is 2.38. The van der Waals surface area contributed by atoms with Crippen molar-refractivity contribution < 1.29 is 14.7 Å². The maximum absolute atomic E-state index is 12.0. The summed E-state index contributed by atoms with van der Waals surface area (Å²) in [6.45, 7) is 1.56. The molecule has 0 bridgehead atoms. The number of hydrogen-bond acceptors (Lipinski definition) is 4. The third-order valence-electron chi connectivity index (χ3n) is 3.79. The van der Waals surface area contributed by atoms with E-state index in [-0.39, 0.29) is 6.54 Å². The van der Waals surface area contributed by atoms with E-state index in [0.717, 1.165) is 15.0 Å². The van der Waals surface area contributed by atoms with Crippen LogP contribution in [0.1, 0.15) is 11.8 Å². The zero-order chi connectivity index (χ0) is 17.9. The molecule has 6 heteroatoms. The van der Waals surface area contributed by atoms with E-state index >= 15 is 0 Å². The molecular weight excluding hydrogens is 336 g/mol. The van der Waals surface area contributed by atoms with Crippen molar-refractivity contribution in [2.75, 3.05) is 11.9 Å². The maximum atomic E-state index is 12.0. The van der Waals surface area contributed by atoms with Gasteiger partial charge in [-0.25, -0.2) is 0 Å². The zero-order valence-corrected chi connectivity index (χ0v) is 14.5. The largest absolute Gasteiger partial charge is 0.383 e. The predicted molar refractivity (Wildman–Crippen MR) is 99.5 cm³/mol. The topological polar surface area (TPSA) is 78.4 Å². The van der Waals surface area contributed by atoms with Gasteiger partial charge in [-0.05, 0) is 36.6 Å². The molecule has 5 nitrogen and oxygen atoms in total. The molecule has 0 aliphatic heterocycles. The first-order valence-electron chi connectivity index (χ1n) is 7.81. The summed E-state index contributed by atoms with van der Waals surface area (Å²) in [5, 5.41) is 16.7. The quantitative estimate of drug-likeness (QED) is 0.631. The number of benzene rings is 2. The monoisotopic (exact) mass is 354 g/mol. The number of thiophene rings is 1. The van der Waals surface area contributed by atoms with Crippen LogP contribution in [0.3, 0.4) is 0 Å². The van der Waals surface area contributed by atoms with E-state index in [0.29, 0.717) is 5.69 Å². The van der Waals surface area contributed by atoms with Crippen LogP contribution in [-0.2, 0) is 15.2 Å². The van der Waals surface area contributed by atoms with E-state index in [1.54, 1.807) is 31.2 Å². The molecule has 0 fully saturated rings. The highest BCUT2D eigenvalue weighted by molar-refractivity contribution is 7.19. The number of amides is 2. The molecule has 2 amide bonds. The Hall–Kier alpha value is -2.70. The summed E-state index contributed by atoms with van der Waals surface area (Å²) < 4.78 is 1.06. The van der Waals surface area contributed by atoms with Crippen molar-refractivity contribution in [2.24, 2.45) is 0 Å². The number of aliphatic hydroxyl groups is 1. The minimum absolute atomic E-state index is 0.0547. The van der Waals surface area contributed by atoms with Gasteiger partial charge in [-0.1, -0.05) is 36.4 Å². The molecule has 1 heterocycles. The summed E-state index contributed by atoms with van der Waals surface area (Å²) >= 11 is 1.47. The smallest absolute Gasteiger partial charge is 0.313 e. The van der Waals surface area contributed by atoms with Crippen molar-refractivity contribution in [3.63, 3.8) is 0 Å². The summed E-state index contributed by atoms with van der Waals surface area (Å²) in [4.78, 5) is 24.6. The van der Waals surface area contributed by atoms with Gasteiger partial charge in [0.15, 0.2) is 0 Å². The van der Waals surface area contributed by atoms with Crippen molar-refractivity contribution in [2.45, 2.75) is 12.5 Å². The van der Waals surface area contributed by atoms with Crippen LogP contribution < -0.4 is 10.6 Å². The van der Waals surface area contributed by atoms with Gasteiger partial charge in [0.05, 0.1) is 6.54 Å². The van der Waals surface area contributed by atoms with Gasteiger partial charge >= 0.3 is 11.8 Å². The van der Waals surface area contributed by atoms with E-state index < -0.39 is 17.4 Å². The molecule has 0 spiro atoms. The Kier molecular flexibility index (Phi) is 4.83. The fourth-order valence-corrected chi connectivity index (χ4v) is 3.48. The summed E-state index contributed by atoms with van der Waals surface area (Å²) in [5.41, 5.74) is -0.717. The van der Waals surface area contributed by atoms with Gasteiger partial charge < -0.3 is 15.7 Å². The number of nitrogens with one attached hydrogen (secondary N) is 2. The van der Waals surface area contributed by atoms with Gasteiger partial charge in [0.2, 0.25) is 0 Å². The molecule has 25 heavy (non-hydrogen) atoms. The summed E-state index contributed by atoms with van der Waals surface area (Å²) in [7, 11) is 0. The SMILES string of the molecule is CC(O)(CNC(=O)C(=O)Nc1ccccc1)c1cc2ccccc2s1. The van der Waals surface area contributed by atoms with Crippen molar-refractivity contribution in [3.8, 4) is 0 Å². The number of carbonyl (C=O) groups is 2. The summed E-state index contributed by atoms with van der Waals surface area (Å²) in [6, 6.07) is 18.4. The van der Waals surface area contributed by atoms with Crippen molar-refractivity contribution >= 4 is 38.9 Å². The minimum atomic E-state index is -1.26. The van der Waals surface area contributed by atoms with E-state index in [4.69, 9.17) is 0 Å². The van der Waals surface area contributed by atoms with Gasteiger partial charge in [0.25, 0.3) is 0 Å². The average molecular weight is 354 g/mol. The first kappa shape index (κ1) is 17.1. The fraction of sp³-hybridized carbons (Fsp3) is 0.158. The second-order valence-electron chi connectivity index (χ2n) is 5.93. The van der Waals surface area contributed by atoms with Gasteiger partial charge in [-0.15, -0.1) is 11.3 Å². The second-order valence-corrected chi connectivity index (χ2v) is 7.01. The molecule has 3 N–H and O–H groups in total. The third kappa shape index (κ3) is 4.04. The Bertz CT molecular complexity index is 870. The van der Waals surface area contributed by atoms with Crippen LogP contribution in [0.5, 0.6) is 0 Å². The van der Waals surface area contributed by atoms with Crippen LogP contribution >= 0.6 is 11.3 Å². The standard InChI is InChI=1S/C19H18N2O3S/c1-19(24,16-11-13-7-5-6-10-15(13)25-16)12-20-17(22)18(23)21-14-8-3-2-4-9-14/h2-11,24H,12H2,1H3,(H,20,22)(H,21,23). The van der Waals surface area contributed by atoms with Gasteiger partial charge in [-0.3, -0.25) is 9.59 Å². The van der Waals surface area contributed by atoms with E-state index in [1.807, 2.05) is 36.4 Å². The summed E-state index contributed by atoms with van der Waals surface area (Å²) in [5.74, 6) is -1.55. The van der Waals surface area contributed by atoms with Crippen LogP contribution in [0.4, 0.5) is 5.69 Å². The van der Waals surface area contributed by atoms with E-state index in [1.165, 1.54) is 11.3 Å². The first-order valence-corrected chi connectivity index (χ1v) is 8.63. The highest BCUT2D eigenvalue weighted by atomic mass is 32.1. The molecule has 0 aliphatic rings. The Morgan fingerprint density at radius 2 is 1.72 bits per heavy atom. The Morgan fingerprint density at radius 1 is 1.04 bits per heavy atom. The number of anilines is 1. The molecule has 1 atom stereocenters. The maximum Gasteiger partial charge on any atom is 0.313 e. The Morgan fingerprint density at radius 3 is 2.44 bits per heavy atom. The number of fused-ring (bicyclic) bond motifs is 1. The molecule has 0 saturated heterocycles. The Balaban J connectivity index is 1.63. The summed E-state index contributed by atoms with van der Waals surface area (Å²) in [6.07, 6.45) is 0. The number of carbonyl (C=O) groups excluding carboxylic acids is 2. The van der Waals surface area contributed by atoms with E-state index in [2.05, 4.69) is 10.6 Å². The van der Waals surface area contributed by atoms with E-state index in [9.17, 15) is 14.7 Å². The van der Waals surface area contributed by atoms with Gasteiger partial charge in [0, 0.05) is 15.3 Å². The Labute approximate surface area is 149 Å². The zero-order valence-electron chi connectivity index (χ0n) is 13.7. The molecular formula is C19H18N2O3S. The molecule has 3 rings (SSSR count). The predicted octanol–water partition coefficient (Wildman–Crippen LogP) is 2.86. The molecule has 0 aliphatic carbocycles. The average Bonchev–Trinajstić information content (AvgIpc) is 3.06. The number of hydrogen-bond donors (Lipinski definition) is 3. The van der Waals surface area contributed by atoms with Crippen LogP contribution in [0.15, 0.2) is 60.7 Å². The van der Waals surface area contributed by atoms with Gasteiger partial charge in [0.1, 0.15) is 5.60 Å². The second kappa shape index (κ2) is 7.04. The van der Waals surface area contributed by atoms with Crippen LogP contribution in [0.2, 0.25) is 0 Å². The normalized spacial score (nSPS) is 13.2. The third-order valence-corrected chi connectivity index (χ3v) is 5.16. The van der Waals surface area contributed by atoms with Crippen LogP contribution in [0, 0.1) is 0 Å². The van der Waals surface area contributed by atoms with Crippen molar-refractivity contribution in [1.82, 2.24) is 5.32 Å². The van der Waals surface area contributed by atoms with Gasteiger partial charge in [-0.2, -0.15) is 0 Å². The van der Waals surface area contributed by atoms with Crippen molar-refractivity contribution in [1.29, 1.82) is 0 Å². The number of rotatable bonds is 4. The lowest BCUT2D eigenvalue weighted by Gasteiger charge is -2.22. The number of para-hydroxylation sites is 1. The van der Waals surface area contributed by atoms with Crippen LogP contribution in [-0.4, -0.2) is 23.5 Å². The lowest BCUT2D eigenvalue weighted by molar-refractivity contribution is -0.136. The highest BCUT2D eigenvalue weighted by Gasteiger charge is 2.27. The minimum Gasteiger partial charge on any atom is -0.383 e. The molecule has 1 aromatic heterocycles. The van der Waals surface area contributed by atoms with Crippen LogP contribution in [0.25, 0.3) is 10.1 Å². The molecule has 3 aromatic rings. The lowest BCUT2D eigenvalue weighted by atomic mass is 10.0. The molecule has 0 saturated carbocycles. The lowest BCUT2D eigenvalue weighted by Crippen LogP contribution is -2.42. The highest BCUT2D eigenvalue weighted by Crippen LogP contribution is 2.32. The molecule has 1 unspecified atom stereocenters.